The van der Waals surface area contributed by atoms with Crippen molar-refractivity contribution in [1.29, 1.82) is 5.26 Å². The predicted molar refractivity (Wildman–Crippen MR) is 80.4 cm³/mol. The molecule has 0 atom stereocenters. The summed E-state index contributed by atoms with van der Waals surface area (Å²) in [5, 5.41) is 25.7. The number of nitro groups is 1. The number of nitrogens with one attached hydrogen (secondary N) is 2. The third kappa shape index (κ3) is 3.06. The van der Waals surface area contributed by atoms with Gasteiger partial charge in [0.1, 0.15) is 12.4 Å². The van der Waals surface area contributed by atoms with Gasteiger partial charge in [-0.15, -0.1) is 0 Å². The number of rotatable bonds is 4. The summed E-state index contributed by atoms with van der Waals surface area (Å²) < 4.78 is 0.731. The van der Waals surface area contributed by atoms with Gasteiger partial charge in [0.15, 0.2) is 0 Å². The van der Waals surface area contributed by atoms with Crippen molar-refractivity contribution in [3.05, 3.63) is 44.7 Å². The molecule has 1 heterocycles. The molecule has 0 aliphatic heterocycles. The maximum atomic E-state index is 11.2. The fourth-order valence-electron chi connectivity index (χ4n) is 1.67. The lowest BCUT2D eigenvalue weighted by molar-refractivity contribution is -0.383. The molecule has 9 heteroatoms. The van der Waals surface area contributed by atoms with Crippen molar-refractivity contribution in [2.24, 2.45) is 0 Å². The molecule has 0 aliphatic carbocycles. The fraction of sp³-hybridized carbons (Fsp3) is 0.0833. The van der Waals surface area contributed by atoms with Crippen LogP contribution >= 0.6 is 15.9 Å². The Labute approximate surface area is 128 Å². The molecule has 2 rings (SSSR count). The van der Waals surface area contributed by atoms with E-state index in [1.54, 1.807) is 18.2 Å². The zero-order chi connectivity index (χ0) is 15.4. The van der Waals surface area contributed by atoms with Gasteiger partial charge < -0.3 is 10.6 Å². The van der Waals surface area contributed by atoms with Gasteiger partial charge in [0.05, 0.1) is 16.2 Å². The van der Waals surface area contributed by atoms with Crippen molar-refractivity contribution in [2.75, 3.05) is 17.7 Å². The van der Waals surface area contributed by atoms with Crippen LogP contribution in [0.25, 0.3) is 0 Å². The number of hydrogen-bond donors (Lipinski definition) is 2. The molecule has 0 spiro atoms. The SMILES string of the molecule is CNc1ncnc(Nc2cc(Br)ccc2C#N)c1[N+](=O)[O-]. The van der Waals surface area contributed by atoms with Gasteiger partial charge in [0.25, 0.3) is 0 Å². The Morgan fingerprint density at radius 3 is 2.71 bits per heavy atom. The molecule has 8 nitrogen and oxygen atoms in total. The Morgan fingerprint density at radius 2 is 2.10 bits per heavy atom. The highest BCUT2D eigenvalue weighted by Crippen LogP contribution is 2.32. The lowest BCUT2D eigenvalue weighted by atomic mass is 10.2. The van der Waals surface area contributed by atoms with E-state index >= 15 is 0 Å². The van der Waals surface area contributed by atoms with Crippen molar-refractivity contribution in [2.45, 2.75) is 0 Å². The second kappa shape index (κ2) is 6.15. The average molecular weight is 349 g/mol. The Balaban J connectivity index is 2.52. The molecular formula is C12H9BrN6O2. The van der Waals surface area contributed by atoms with Gasteiger partial charge in [0, 0.05) is 11.5 Å². The van der Waals surface area contributed by atoms with E-state index in [9.17, 15) is 10.1 Å². The Hall–Kier alpha value is -2.73. The third-order valence-corrected chi connectivity index (χ3v) is 3.09. The first-order chi connectivity index (χ1) is 10.1. The topological polar surface area (TPSA) is 117 Å². The molecule has 1 aromatic heterocycles. The summed E-state index contributed by atoms with van der Waals surface area (Å²) in [5.41, 5.74) is 0.469. The molecule has 0 saturated heterocycles. The van der Waals surface area contributed by atoms with Gasteiger partial charge in [-0.2, -0.15) is 5.26 Å². The summed E-state index contributed by atoms with van der Waals surface area (Å²) >= 11 is 3.29. The number of nitriles is 1. The maximum absolute atomic E-state index is 11.2. The molecule has 0 radical (unpaired) electrons. The van der Waals surface area contributed by atoms with E-state index in [1.807, 2.05) is 6.07 Å². The minimum atomic E-state index is -0.585. The van der Waals surface area contributed by atoms with Crippen LogP contribution in [0.3, 0.4) is 0 Å². The molecule has 2 aromatic rings. The summed E-state index contributed by atoms with van der Waals surface area (Å²) in [6, 6.07) is 6.95. The Bertz CT molecular complexity index is 743. The van der Waals surface area contributed by atoms with Gasteiger partial charge in [-0.05, 0) is 18.2 Å². The van der Waals surface area contributed by atoms with E-state index in [0.29, 0.717) is 11.3 Å². The van der Waals surface area contributed by atoms with Crippen LogP contribution < -0.4 is 10.6 Å². The van der Waals surface area contributed by atoms with Gasteiger partial charge in [-0.1, -0.05) is 15.9 Å². The second-order valence-corrected chi connectivity index (χ2v) is 4.77. The lowest BCUT2D eigenvalue weighted by Gasteiger charge is -2.09. The van der Waals surface area contributed by atoms with E-state index in [-0.39, 0.29) is 17.3 Å². The van der Waals surface area contributed by atoms with Crippen LogP contribution in [-0.4, -0.2) is 21.9 Å². The number of nitrogens with zero attached hydrogens (tertiary/aromatic N) is 4. The molecule has 0 unspecified atom stereocenters. The Morgan fingerprint density at radius 1 is 1.38 bits per heavy atom. The average Bonchev–Trinajstić information content (AvgIpc) is 2.47. The molecule has 0 saturated carbocycles. The van der Waals surface area contributed by atoms with Crippen LogP contribution in [0.5, 0.6) is 0 Å². The van der Waals surface area contributed by atoms with E-state index in [4.69, 9.17) is 5.26 Å². The van der Waals surface area contributed by atoms with Crippen LogP contribution in [0.1, 0.15) is 5.56 Å². The molecule has 1 aromatic carbocycles. The number of aromatic nitrogens is 2. The van der Waals surface area contributed by atoms with Crippen LogP contribution in [0.15, 0.2) is 29.0 Å². The van der Waals surface area contributed by atoms with E-state index in [1.165, 1.54) is 13.4 Å². The third-order valence-electron chi connectivity index (χ3n) is 2.60. The van der Waals surface area contributed by atoms with E-state index in [2.05, 4.69) is 36.5 Å². The second-order valence-electron chi connectivity index (χ2n) is 3.85. The van der Waals surface area contributed by atoms with Gasteiger partial charge in [0.2, 0.25) is 11.6 Å². The van der Waals surface area contributed by atoms with E-state index in [0.717, 1.165) is 4.47 Å². The summed E-state index contributed by atoms with van der Waals surface area (Å²) in [6.45, 7) is 0. The first-order valence-electron chi connectivity index (χ1n) is 5.70. The first-order valence-corrected chi connectivity index (χ1v) is 6.50. The fourth-order valence-corrected chi connectivity index (χ4v) is 2.03. The zero-order valence-corrected chi connectivity index (χ0v) is 12.4. The molecule has 0 bridgehead atoms. The van der Waals surface area contributed by atoms with Gasteiger partial charge in [-0.3, -0.25) is 10.1 Å². The number of halogens is 1. The monoisotopic (exact) mass is 348 g/mol. The first kappa shape index (κ1) is 14.7. The van der Waals surface area contributed by atoms with Crippen LogP contribution in [0.4, 0.5) is 23.0 Å². The van der Waals surface area contributed by atoms with Crippen LogP contribution in [0, 0.1) is 21.4 Å². The molecular weight excluding hydrogens is 340 g/mol. The molecule has 0 fully saturated rings. The number of hydrogen-bond acceptors (Lipinski definition) is 7. The summed E-state index contributed by atoms with van der Waals surface area (Å²) in [5.74, 6) is 0.0972. The van der Waals surface area contributed by atoms with Crippen molar-refractivity contribution in [3.63, 3.8) is 0 Å². The number of benzene rings is 1. The normalized spacial score (nSPS) is 9.76. The largest absolute Gasteiger partial charge is 0.367 e. The van der Waals surface area contributed by atoms with Crippen molar-refractivity contribution >= 4 is 38.9 Å². The van der Waals surface area contributed by atoms with Gasteiger partial charge in [-0.25, -0.2) is 9.97 Å². The number of anilines is 3. The highest BCUT2D eigenvalue weighted by atomic mass is 79.9. The minimum absolute atomic E-state index is 0.00829. The summed E-state index contributed by atoms with van der Waals surface area (Å²) in [4.78, 5) is 18.3. The predicted octanol–water partition coefficient (Wildman–Crippen LogP) is 2.80. The van der Waals surface area contributed by atoms with Crippen LogP contribution in [-0.2, 0) is 0 Å². The van der Waals surface area contributed by atoms with Crippen LogP contribution in [0.2, 0.25) is 0 Å². The van der Waals surface area contributed by atoms with Gasteiger partial charge >= 0.3 is 5.69 Å². The Kier molecular flexibility index (Phi) is 4.30. The zero-order valence-electron chi connectivity index (χ0n) is 10.8. The molecule has 106 valence electrons. The lowest BCUT2D eigenvalue weighted by Crippen LogP contribution is -2.06. The summed E-state index contributed by atoms with van der Waals surface area (Å²) in [6.07, 6.45) is 1.20. The summed E-state index contributed by atoms with van der Waals surface area (Å²) in [7, 11) is 1.53. The van der Waals surface area contributed by atoms with Crippen molar-refractivity contribution in [3.8, 4) is 6.07 Å². The van der Waals surface area contributed by atoms with Crippen molar-refractivity contribution < 1.29 is 4.92 Å². The maximum Gasteiger partial charge on any atom is 0.353 e. The molecule has 21 heavy (non-hydrogen) atoms. The smallest absolute Gasteiger partial charge is 0.353 e. The quantitative estimate of drug-likeness (QED) is 0.644. The standard InChI is InChI=1S/C12H9BrN6O2/c1-15-11-10(19(20)21)12(17-6-16-11)18-9-4-8(13)3-2-7(9)5-14/h2-4,6H,1H3,(H2,15,16,17,18). The van der Waals surface area contributed by atoms with E-state index < -0.39 is 4.92 Å². The molecule has 2 N–H and O–H groups in total. The van der Waals surface area contributed by atoms with Crippen molar-refractivity contribution in [1.82, 2.24) is 9.97 Å². The molecule has 0 aliphatic rings. The molecule has 0 amide bonds. The highest BCUT2D eigenvalue weighted by molar-refractivity contribution is 9.10. The highest BCUT2D eigenvalue weighted by Gasteiger charge is 2.22. The minimum Gasteiger partial charge on any atom is -0.367 e.